The molecule has 0 aliphatic rings. The molecule has 10 aromatic rings. The molecule has 234 valence electrons. The van der Waals surface area contributed by atoms with Gasteiger partial charge in [-0.25, -0.2) is 0 Å². The Morgan fingerprint density at radius 2 is 0.780 bits per heavy atom. The van der Waals surface area contributed by atoms with Crippen molar-refractivity contribution in [3.63, 3.8) is 0 Å². The van der Waals surface area contributed by atoms with Crippen molar-refractivity contribution in [2.75, 3.05) is 0 Å². The Kier molecular flexibility index (Phi) is 6.53. The molecule has 0 spiro atoms. The average molecular weight is 637 g/mol. The SMILES string of the molecule is c1ccc(-c2ccc(-n3c4ccccc4c4c(-c5ccccc5-n5c6ccccc6c6ccccc65)cccc43)cc2-c2ccccc2)cc1. The minimum Gasteiger partial charge on any atom is -0.309 e. The zero-order valence-corrected chi connectivity index (χ0v) is 27.4. The minimum atomic E-state index is 1.14. The van der Waals surface area contributed by atoms with Crippen molar-refractivity contribution >= 4 is 43.6 Å². The smallest absolute Gasteiger partial charge is 0.0547 e. The van der Waals surface area contributed by atoms with Gasteiger partial charge < -0.3 is 9.13 Å². The van der Waals surface area contributed by atoms with E-state index in [1.807, 2.05) is 0 Å². The van der Waals surface area contributed by atoms with Gasteiger partial charge in [0.2, 0.25) is 0 Å². The number of nitrogens with zero attached hydrogens (tertiary/aromatic N) is 2. The first-order valence-corrected chi connectivity index (χ1v) is 17.2. The van der Waals surface area contributed by atoms with Crippen LogP contribution in [0.25, 0.3) is 88.4 Å². The molecule has 0 aliphatic heterocycles. The average Bonchev–Trinajstić information content (AvgIpc) is 3.72. The van der Waals surface area contributed by atoms with Gasteiger partial charge in [0.15, 0.2) is 0 Å². The van der Waals surface area contributed by atoms with Crippen LogP contribution in [0, 0.1) is 0 Å². The van der Waals surface area contributed by atoms with Crippen LogP contribution in [-0.2, 0) is 0 Å². The lowest BCUT2D eigenvalue weighted by Gasteiger charge is -2.16. The van der Waals surface area contributed by atoms with Crippen LogP contribution in [0.2, 0.25) is 0 Å². The highest BCUT2D eigenvalue weighted by Crippen LogP contribution is 2.43. The highest BCUT2D eigenvalue weighted by atomic mass is 15.0. The maximum absolute atomic E-state index is 2.44. The van der Waals surface area contributed by atoms with Gasteiger partial charge >= 0.3 is 0 Å². The van der Waals surface area contributed by atoms with Crippen LogP contribution in [-0.4, -0.2) is 9.13 Å². The molecule has 2 aromatic heterocycles. The molecule has 0 amide bonds. The third kappa shape index (κ3) is 4.36. The lowest BCUT2D eigenvalue weighted by molar-refractivity contribution is 1.18. The van der Waals surface area contributed by atoms with Crippen LogP contribution in [0.4, 0.5) is 0 Å². The molecule has 0 aliphatic carbocycles. The third-order valence-electron chi connectivity index (χ3n) is 10.1. The Morgan fingerprint density at radius 1 is 0.280 bits per heavy atom. The molecule has 8 aromatic carbocycles. The topological polar surface area (TPSA) is 9.86 Å². The lowest BCUT2D eigenvalue weighted by Crippen LogP contribution is -1.98. The monoisotopic (exact) mass is 636 g/mol. The van der Waals surface area contributed by atoms with Crippen molar-refractivity contribution < 1.29 is 0 Å². The van der Waals surface area contributed by atoms with E-state index in [1.165, 1.54) is 82.7 Å². The molecule has 0 unspecified atom stereocenters. The number of fused-ring (bicyclic) bond motifs is 6. The summed E-state index contributed by atoms with van der Waals surface area (Å²) >= 11 is 0. The predicted octanol–water partition coefficient (Wildman–Crippen LogP) is 12.9. The van der Waals surface area contributed by atoms with Gasteiger partial charge in [-0.2, -0.15) is 0 Å². The maximum Gasteiger partial charge on any atom is 0.0547 e. The summed E-state index contributed by atoms with van der Waals surface area (Å²) < 4.78 is 4.88. The molecule has 50 heavy (non-hydrogen) atoms. The maximum atomic E-state index is 2.44. The van der Waals surface area contributed by atoms with E-state index >= 15 is 0 Å². The van der Waals surface area contributed by atoms with Crippen LogP contribution in [0.5, 0.6) is 0 Å². The fraction of sp³-hybridized carbons (Fsp3) is 0. The Hall–Kier alpha value is -6.64. The molecule has 0 atom stereocenters. The molecule has 0 bridgehead atoms. The summed E-state index contributed by atoms with van der Waals surface area (Å²) in [5, 5.41) is 5.02. The van der Waals surface area contributed by atoms with Gasteiger partial charge in [-0.1, -0.05) is 152 Å². The quantitative estimate of drug-likeness (QED) is 0.178. The van der Waals surface area contributed by atoms with Crippen molar-refractivity contribution in [3.8, 4) is 44.8 Å². The van der Waals surface area contributed by atoms with Gasteiger partial charge in [0.25, 0.3) is 0 Å². The van der Waals surface area contributed by atoms with Gasteiger partial charge in [0, 0.05) is 32.8 Å². The van der Waals surface area contributed by atoms with Crippen LogP contribution in [0.3, 0.4) is 0 Å². The molecule has 2 heteroatoms. The van der Waals surface area contributed by atoms with E-state index in [0.717, 1.165) is 5.69 Å². The first-order chi connectivity index (χ1) is 24.8. The van der Waals surface area contributed by atoms with Crippen molar-refractivity contribution in [1.82, 2.24) is 9.13 Å². The van der Waals surface area contributed by atoms with E-state index in [4.69, 9.17) is 0 Å². The fourth-order valence-electron chi connectivity index (χ4n) is 8.00. The van der Waals surface area contributed by atoms with Crippen molar-refractivity contribution in [2.24, 2.45) is 0 Å². The number of rotatable bonds is 5. The van der Waals surface area contributed by atoms with Crippen molar-refractivity contribution in [3.05, 3.63) is 194 Å². The normalized spacial score (nSPS) is 11.6. The second kappa shape index (κ2) is 11.5. The van der Waals surface area contributed by atoms with Crippen LogP contribution in [0.1, 0.15) is 0 Å². The highest BCUT2D eigenvalue weighted by molar-refractivity contribution is 6.17. The highest BCUT2D eigenvalue weighted by Gasteiger charge is 2.20. The minimum absolute atomic E-state index is 1.14. The summed E-state index contributed by atoms with van der Waals surface area (Å²) in [5.41, 5.74) is 14.4. The summed E-state index contributed by atoms with van der Waals surface area (Å²) in [7, 11) is 0. The number of benzene rings is 8. The molecule has 0 radical (unpaired) electrons. The summed E-state index contributed by atoms with van der Waals surface area (Å²) in [6.45, 7) is 0. The molecule has 2 nitrogen and oxygen atoms in total. The predicted molar refractivity (Wildman–Crippen MR) is 211 cm³/mol. The summed E-state index contributed by atoms with van der Waals surface area (Å²) in [6.07, 6.45) is 0. The Labute approximate surface area is 290 Å². The number of aromatic nitrogens is 2. The van der Waals surface area contributed by atoms with E-state index in [2.05, 4.69) is 203 Å². The number of para-hydroxylation sites is 4. The van der Waals surface area contributed by atoms with E-state index in [0.29, 0.717) is 0 Å². The Morgan fingerprint density at radius 3 is 1.46 bits per heavy atom. The largest absolute Gasteiger partial charge is 0.309 e. The first-order valence-electron chi connectivity index (χ1n) is 17.2. The standard InChI is InChI=1S/C48H32N2/c1-3-16-33(17-4-1)36-31-30-35(32-42(36)34-18-5-2-6-19-34)49-46-28-14-10-23-41(46)48-40(24-15-29-47(48)49)39-22-9-13-27-45(39)50-43-25-11-7-20-37(43)38-21-8-12-26-44(38)50/h1-32H. The van der Waals surface area contributed by atoms with E-state index < -0.39 is 0 Å². The fourth-order valence-corrected chi connectivity index (χ4v) is 8.00. The molecular formula is C48H32N2. The lowest BCUT2D eigenvalue weighted by atomic mass is 9.94. The molecule has 2 heterocycles. The zero-order chi connectivity index (χ0) is 33.0. The van der Waals surface area contributed by atoms with Gasteiger partial charge in [-0.3, -0.25) is 0 Å². The van der Waals surface area contributed by atoms with Crippen LogP contribution >= 0.6 is 0 Å². The molecule has 10 rings (SSSR count). The second-order valence-electron chi connectivity index (χ2n) is 12.9. The first kappa shape index (κ1) is 28.4. The van der Waals surface area contributed by atoms with E-state index in [9.17, 15) is 0 Å². The summed E-state index contributed by atoms with van der Waals surface area (Å²) in [6, 6.07) is 70.4. The number of hydrogen-bond acceptors (Lipinski definition) is 0. The van der Waals surface area contributed by atoms with Gasteiger partial charge in [0.05, 0.1) is 27.8 Å². The second-order valence-corrected chi connectivity index (χ2v) is 12.9. The number of hydrogen-bond donors (Lipinski definition) is 0. The molecule has 0 N–H and O–H groups in total. The van der Waals surface area contributed by atoms with Crippen molar-refractivity contribution in [1.29, 1.82) is 0 Å². The van der Waals surface area contributed by atoms with E-state index in [1.54, 1.807) is 0 Å². The van der Waals surface area contributed by atoms with Gasteiger partial charge in [-0.05, 0) is 70.3 Å². The third-order valence-corrected chi connectivity index (χ3v) is 10.1. The Bertz CT molecular complexity index is 2800. The molecule has 0 saturated heterocycles. The van der Waals surface area contributed by atoms with E-state index in [-0.39, 0.29) is 0 Å². The van der Waals surface area contributed by atoms with Crippen LogP contribution < -0.4 is 0 Å². The van der Waals surface area contributed by atoms with Gasteiger partial charge in [-0.15, -0.1) is 0 Å². The summed E-state index contributed by atoms with van der Waals surface area (Å²) in [5.74, 6) is 0. The molecule has 0 fully saturated rings. The summed E-state index contributed by atoms with van der Waals surface area (Å²) in [4.78, 5) is 0. The van der Waals surface area contributed by atoms with Crippen molar-refractivity contribution in [2.45, 2.75) is 0 Å². The van der Waals surface area contributed by atoms with Gasteiger partial charge in [0.1, 0.15) is 0 Å². The van der Waals surface area contributed by atoms with Crippen LogP contribution in [0.15, 0.2) is 194 Å². The zero-order valence-electron chi connectivity index (χ0n) is 27.4. The molecule has 0 saturated carbocycles. The molecular weight excluding hydrogens is 605 g/mol. The Balaban J connectivity index is 1.25.